The summed E-state index contributed by atoms with van der Waals surface area (Å²) in [4.78, 5) is 10.3. The van der Waals surface area contributed by atoms with Crippen LogP contribution in [0.15, 0.2) is 46.4 Å². The van der Waals surface area contributed by atoms with Gasteiger partial charge in [-0.25, -0.2) is 0 Å². The van der Waals surface area contributed by atoms with Gasteiger partial charge in [0.25, 0.3) is 0 Å². The molecule has 0 unspecified atom stereocenters. The Balaban J connectivity index is 0.00000450. The van der Waals surface area contributed by atoms with Gasteiger partial charge < -0.3 is 0 Å². The Bertz CT molecular complexity index is 825. The first-order chi connectivity index (χ1) is 13.9. The maximum Gasteiger partial charge on any atom is 0.0639 e. The maximum atomic E-state index is 5.13. The number of hydrogen-bond acceptors (Lipinski definition) is 2. The van der Waals surface area contributed by atoms with Gasteiger partial charge in [0.1, 0.15) is 0 Å². The molecule has 0 aliphatic carbocycles. The van der Waals surface area contributed by atoms with Gasteiger partial charge >= 0.3 is 0 Å². The van der Waals surface area contributed by atoms with Crippen LogP contribution in [-0.4, -0.2) is 11.4 Å². The molecule has 0 bridgehead atoms. The quantitative estimate of drug-likeness (QED) is 0.179. The third-order valence-corrected chi connectivity index (χ3v) is 5.06. The Morgan fingerprint density at radius 1 is 0.567 bits per heavy atom. The SMILES string of the molecule is CCCCCC(=N\c1cc(C)cc(C)c1)/C(CCCC)=N/c1cc(C)cc(C)c1.[Pd]. The molecule has 0 saturated heterocycles. The summed E-state index contributed by atoms with van der Waals surface area (Å²) in [5, 5.41) is 0. The van der Waals surface area contributed by atoms with Gasteiger partial charge in [0, 0.05) is 20.4 Å². The number of aryl methyl sites for hydroxylation is 4. The van der Waals surface area contributed by atoms with Crippen LogP contribution in [0.25, 0.3) is 0 Å². The minimum absolute atomic E-state index is 0. The van der Waals surface area contributed by atoms with E-state index in [4.69, 9.17) is 9.98 Å². The molecule has 2 aromatic carbocycles. The molecule has 2 rings (SSSR count). The largest absolute Gasteiger partial charge is 0.252 e. The van der Waals surface area contributed by atoms with Crippen molar-refractivity contribution in [3.05, 3.63) is 58.7 Å². The molecular formula is C27H38N2Pd. The van der Waals surface area contributed by atoms with Crippen LogP contribution in [-0.2, 0) is 20.4 Å². The average molecular weight is 497 g/mol. The number of benzene rings is 2. The zero-order chi connectivity index (χ0) is 21.2. The minimum atomic E-state index is 0. The van der Waals surface area contributed by atoms with Crippen molar-refractivity contribution in [3.63, 3.8) is 0 Å². The fraction of sp³-hybridized carbons (Fsp3) is 0.481. The van der Waals surface area contributed by atoms with Crippen LogP contribution in [0.1, 0.15) is 81.0 Å². The van der Waals surface area contributed by atoms with Gasteiger partial charge in [-0.15, -0.1) is 0 Å². The monoisotopic (exact) mass is 496 g/mol. The predicted molar refractivity (Wildman–Crippen MR) is 130 cm³/mol. The van der Waals surface area contributed by atoms with E-state index < -0.39 is 0 Å². The van der Waals surface area contributed by atoms with Gasteiger partial charge in [-0.2, -0.15) is 0 Å². The van der Waals surface area contributed by atoms with Crippen LogP contribution in [0.2, 0.25) is 0 Å². The maximum absolute atomic E-state index is 5.13. The fourth-order valence-corrected chi connectivity index (χ4v) is 3.76. The Hall–Kier alpha value is -1.56. The summed E-state index contributed by atoms with van der Waals surface area (Å²) in [5.41, 5.74) is 9.48. The Morgan fingerprint density at radius 3 is 1.30 bits per heavy atom. The topological polar surface area (TPSA) is 24.7 Å². The van der Waals surface area contributed by atoms with E-state index in [1.807, 2.05) is 0 Å². The molecule has 0 N–H and O–H groups in total. The zero-order valence-electron chi connectivity index (χ0n) is 19.6. The van der Waals surface area contributed by atoms with Gasteiger partial charge in [0.2, 0.25) is 0 Å². The number of rotatable bonds is 10. The van der Waals surface area contributed by atoms with Crippen LogP contribution < -0.4 is 0 Å². The van der Waals surface area contributed by atoms with Crippen LogP contribution in [0.3, 0.4) is 0 Å². The van der Waals surface area contributed by atoms with E-state index in [-0.39, 0.29) is 20.4 Å². The van der Waals surface area contributed by atoms with Crippen molar-refractivity contribution >= 4 is 22.8 Å². The molecule has 0 amide bonds. The van der Waals surface area contributed by atoms with Gasteiger partial charge in [0.05, 0.1) is 22.8 Å². The molecule has 0 aromatic heterocycles. The number of nitrogens with zero attached hydrogens (tertiary/aromatic N) is 2. The molecule has 0 aliphatic heterocycles. The van der Waals surface area contributed by atoms with Crippen LogP contribution >= 0.6 is 0 Å². The van der Waals surface area contributed by atoms with Crippen molar-refractivity contribution in [1.29, 1.82) is 0 Å². The van der Waals surface area contributed by atoms with E-state index in [2.05, 4.69) is 77.9 Å². The predicted octanol–water partition coefficient (Wildman–Crippen LogP) is 8.53. The average Bonchev–Trinajstić information content (AvgIpc) is 2.63. The summed E-state index contributed by atoms with van der Waals surface area (Å²) < 4.78 is 0. The Kier molecular flexibility index (Phi) is 12.1. The standard InChI is InChI=1S/C27H38N2.Pd/c1-7-9-11-13-27(29-25-18-22(5)15-23(6)19-25)26(12-10-8-2)28-24-16-20(3)14-21(4)17-24;/h14-19H,7-13H2,1-6H3;/b28-26+,29-27+;. The summed E-state index contributed by atoms with van der Waals surface area (Å²) in [5.74, 6) is 0. The van der Waals surface area contributed by atoms with Crippen molar-refractivity contribution in [1.82, 2.24) is 0 Å². The summed E-state index contributed by atoms with van der Waals surface area (Å²) >= 11 is 0. The summed E-state index contributed by atoms with van der Waals surface area (Å²) in [6, 6.07) is 13.1. The van der Waals surface area contributed by atoms with Crippen molar-refractivity contribution in [2.75, 3.05) is 0 Å². The van der Waals surface area contributed by atoms with Crippen LogP contribution in [0.4, 0.5) is 11.4 Å². The molecular weight excluding hydrogens is 459 g/mol. The van der Waals surface area contributed by atoms with Crippen molar-refractivity contribution in [3.8, 4) is 0 Å². The summed E-state index contributed by atoms with van der Waals surface area (Å²) in [6.07, 6.45) is 7.90. The van der Waals surface area contributed by atoms with Crippen molar-refractivity contribution < 1.29 is 20.4 Å². The third-order valence-electron chi connectivity index (χ3n) is 5.06. The Labute approximate surface area is 198 Å². The third kappa shape index (κ3) is 9.07. The Morgan fingerprint density at radius 2 is 0.933 bits per heavy atom. The van der Waals surface area contributed by atoms with Crippen LogP contribution in [0.5, 0.6) is 0 Å². The van der Waals surface area contributed by atoms with Gasteiger partial charge in [-0.1, -0.05) is 45.2 Å². The van der Waals surface area contributed by atoms with Crippen LogP contribution in [0, 0.1) is 27.7 Å². The normalized spacial score (nSPS) is 12.1. The molecule has 30 heavy (non-hydrogen) atoms. The van der Waals surface area contributed by atoms with E-state index in [1.165, 1.54) is 35.1 Å². The number of aliphatic imine (C=N–C) groups is 2. The minimum Gasteiger partial charge on any atom is -0.252 e. The molecule has 3 heteroatoms. The van der Waals surface area contributed by atoms with E-state index in [9.17, 15) is 0 Å². The first-order valence-electron chi connectivity index (χ1n) is 11.2. The summed E-state index contributed by atoms with van der Waals surface area (Å²) in [7, 11) is 0. The number of hydrogen-bond donors (Lipinski definition) is 0. The first-order valence-corrected chi connectivity index (χ1v) is 11.2. The van der Waals surface area contributed by atoms with Gasteiger partial charge in [0.15, 0.2) is 0 Å². The second-order valence-electron chi connectivity index (χ2n) is 8.37. The first kappa shape index (κ1) is 26.5. The molecule has 166 valence electrons. The fourth-order valence-electron chi connectivity index (χ4n) is 3.76. The molecule has 2 nitrogen and oxygen atoms in total. The van der Waals surface area contributed by atoms with E-state index >= 15 is 0 Å². The summed E-state index contributed by atoms with van der Waals surface area (Å²) in [6.45, 7) is 13.1. The zero-order valence-corrected chi connectivity index (χ0v) is 21.2. The van der Waals surface area contributed by atoms with E-state index in [0.717, 1.165) is 54.9 Å². The molecule has 0 aliphatic rings. The second kappa shape index (κ2) is 13.7. The van der Waals surface area contributed by atoms with Crippen molar-refractivity contribution in [2.45, 2.75) is 86.5 Å². The molecule has 0 spiro atoms. The van der Waals surface area contributed by atoms with Gasteiger partial charge in [-0.3, -0.25) is 9.98 Å². The van der Waals surface area contributed by atoms with Crippen molar-refractivity contribution in [2.24, 2.45) is 9.98 Å². The smallest absolute Gasteiger partial charge is 0.0639 e. The van der Waals surface area contributed by atoms with E-state index in [0.29, 0.717) is 0 Å². The molecule has 0 radical (unpaired) electrons. The molecule has 0 saturated carbocycles. The second-order valence-corrected chi connectivity index (χ2v) is 8.37. The number of unbranched alkanes of at least 4 members (excludes halogenated alkanes) is 3. The van der Waals surface area contributed by atoms with E-state index in [1.54, 1.807) is 0 Å². The van der Waals surface area contributed by atoms with Gasteiger partial charge in [-0.05, 0) is 99.9 Å². The molecule has 0 heterocycles. The molecule has 0 fully saturated rings. The molecule has 2 aromatic rings. The molecule has 0 atom stereocenters.